The summed E-state index contributed by atoms with van der Waals surface area (Å²) in [6, 6.07) is 5.64. The molecule has 1 amide bonds. The van der Waals surface area contributed by atoms with E-state index in [9.17, 15) is 4.79 Å². The van der Waals surface area contributed by atoms with Crippen LogP contribution in [-0.2, 0) is 4.79 Å². The van der Waals surface area contributed by atoms with Crippen LogP contribution in [0.15, 0.2) is 23.2 Å². The Labute approximate surface area is 188 Å². The molecule has 1 aromatic rings. The van der Waals surface area contributed by atoms with Gasteiger partial charge in [0.1, 0.15) is 0 Å². The molecule has 2 fully saturated rings. The van der Waals surface area contributed by atoms with Gasteiger partial charge in [-0.25, -0.2) is 0 Å². The lowest BCUT2D eigenvalue weighted by Gasteiger charge is -2.23. The summed E-state index contributed by atoms with van der Waals surface area (Å²) in [4.78, 5) is 19.8. The van der Waals surface area contributed by atoms with Crippen LogP contribution in [0.5, 0.6) is 0 Å². The second-order valence-corrected chi connectivity index (χ2v) is 9.69. The Bertz CT molecular complexity index is 688. The molecule has 3 rings (SSSR count). The third-order valence-electron chi connectivity index (χ3n) is 5.29. The third-order valence-corrected chi connectivity index (χ3v) is 7.02. The van der Waals surface area contributed by atoms with Gasteiger partial charge in [-0.05, 0) is 31.0 Å². The van der Waals surface area contributed by atoms with Crippen molar-refractivity contribution in [1.29, 1.82) is 0 Å². The van der Waals surface area contributed by atoms with Crippen LogP contribution >= 0.6 is 47.4 Å². The predicted molar refractivity (Wildman–Crippen MR) is 124 cm³/mol. The molecule has 1 aromatic carbocycles. The van der Waals surface area contributed by atoms with Gasteiger partial charge in [0, 0.05) is 34.5 Å². The molecule has 2 atom stereocenters. The van der Waals surface area contributed by atoms with E-state index in [-0.39, 0.29) is 24.4 Å². The number of hydrogen-bond donors (Lipinski definition) is 1. The highest BCUT2D eigenvalue weighted by atomic mass is 35.5. The lowest BCUT2D eigenvalue weighted by Crippen LogP contribution is -2.36. The van der Waals surface area contributed by atoms with Crippen LogP contribution in [0.25, 0.3) is 0 Å². The van der Waals surface area contributed by atoms with E-state index < -0.39 is 0 Å². The number of hydrogen-bond acceptors (Lipinski definition) is 3. The van der Waals surface area contributed by atoms with Crippen LogP contribution in [0, 0.1) is 0 Å². The quantitative estimate of drug-likeness (QED) is 0.535. The second kappa shape index (κ2) is 11.0. The van der Waals surface area contributed by atoms with Crippen molar-refractivity contribution < 1.29 is 4.79 Å². The van der Waals surface area contributed by atoms with Gasteiger partial charge in [-0.15, -0.1) is 12.4 Å². The third kappa shape index (κ3) is 6.45. The van der Waals surface area contributed by atoms with Crippen molar-refractivity contribution in [3.05, 3.63) is 28.2 Å². The molecule has 28 heavy (non-hydrogen) atoms. The van der Waals surface area contributed by atoms with E-state index >= 15 is 0 Å². The number of carbonyl (C=O) groups excluding carboxylic acids is 1. The summed E-state index contributed by atoms with van der Waals surface area (Å²) in [6.07, 6.45) is 8.01. The number of nitrogens with one attached hydrogen (secondary N) is 1. The summed E-state index contributed by atoms with van der Waals surface area (Å²) < 4.78 is 0. The largest absolute Gasteiger partial charge is 0.350 e. The monoisotopic (exact) mass is 463 g/mol. The van der Waals surface area contributed by atoms with Gasteiger partial charge < -0.3 is 10.2 Å². The SMILES string of the molecule is CC1SC(=NC2CCCCCC2)N(C)C1CC(=O)Nc1cc(Cl)cc(Cl)c1.Cl. The molecule has 1 saturated heterocycles. The molecule has 1 N–H and O–H groups in total. The number of anilines is 1. The highest BCUT2D eigenvalue weighted by molar-refractivity contribution is 8.14. The number of thioether (sulfide) groups is 1. The molecule has 0 aromatic heterocycles. The normalized spacial score (nSPS) is 24.7. The molecular formula is C20H28Cl3N3OS. The van der Waals surface area contributed by atoms with Gasteiger partial charge in [-0.2, -0.15) is 0 Å². The molecule has 4 nitrogen and oxygen atoms in total. The number of nitrogens with zero attached hydrogens (tertiary/aromatic N) is 2. The number of benzene rings is 1. The summed E-state index contributed by atoms with van der Waals surface area (Å²) in [5.41, 5.74) is 0.630. The van der Waals surface area contributed by atoms with Crippen LogP contribution < -0.4 is 5.32 Å². The van der Waals surface area contributed by atoms with Crippen molar-refractivity contribution in [2.45, 2.75) is 69.2 Å². The number of amidine groups is 1. The molecule has 2 aliphatic rings. The van der Waals surface area contributed by atoms with Crippen molar-refractivity contribution in [3.8, 4) is 0 Å². The van der Waals surface area contributed by atoms with Gasteiger partial charge in [0.2, 0.25) is 5.91 Å². The Morgan fingerprint density at radius 2 is 1.79 bits per heavy atom. The minimum atomic E-state index is -0.0339. The van der Waals surface area contributed by atoms with Gasteiger partial charge in [-0.1, -0.05) is 67.6 Å². The van der Waals surface area contributed by atoms with Gasteiger partial charge in [0.05, 0.1) is 12.1 Å². The predicted octanol–water partition coefficient (Wildman–Crippen LogP) is 6.26. The van der Waals surface area contributed by atoms with Crippen molar-refractivity contribution in [2.75, 3.05) is 12.4 Å². The first-order chi connectivity index (χ1) is 12.9. The Hall–Kier alpha value is -0.620. The first kappa shape index (κ1) is 23.7. The number of rotatable bonds is 4. The van der Waals surface area contributed by atoms with Gasteiger partial charge >= 0.3 is 0 Å². The fourth-order valence-electron chi connectivity index (χ4n) is 3.78. The smallest absolute Gasteiger partial charge is 0.226 e. The first-order valence-electron chi connectivity index (χ1n) is 9.65. The van der Waals surface area contributed by atoms with E-state index in [1.807, 2.05) is 0 Å². The number of aliphatic imine (C=N–C) groups is 1. The number of halogens is 3. The Morgan fingerprint density at radius 1 is 1.18 bits per heavy atom. The van der Waals surface area contributed by atoms with E-state index in [4.69, 9.17) is 28.2 Å². The molecule has 1 aliphatic carbocycles. The Kier molecular flexibility index (Phi) is 9.26. The molecular weight excluding hydrogens is 437 g/mol. The minimum absolute atomic E-state index is 0. The topological polar surface area (TPSA) is 44.7 Å². The Morgan fingerprint density at radius 3 is 2.39 bits per heavy atom. The zero-order valence-corrected chi connectivity index (χ0v) is 19.4. The fraction of sp³-hybridized carbons (Fsp3) is 0.600. The molecule has 156 valence electrons. The lowest BCUT2D eigenvalue weighted by atomic mass is 10.1. The number of amides is 1. The molecule has 8 heteroatoms. The van der Waals surface area contributed by atoms with Crippen LogP contribution in [0.4, 0.5) is 5.69 Å². The molecule has 1 heterocycles. The van der Waals surface area contributed by atoms with Crippen molar-refractivity contribution in [3.63, 3.8) is 0 Å². The summed E-state index contributed by atoms with van der Waals surface area (Å²) in [6.45, 7) is 2.17. The highest BCUT2D eigenvalue weighted by Crippen LogP contribution is 2.34. The summed E-state index contributed by atoms with van der Waals surface area (Å²) in [5, 5.41) is 5.34. The maximum Gasteiger partial charge on any atom is 0.226 e. The van der Waals surface area contributed by atoms with Crippen LogP contribution in [-0.4, -0.2) is 40.4 Å². The summed E-state index contributed by atoms with van der Waals surface area (Å²) in [7, 11) is 2.06. The van der Waals surface area contributed by atoms with Gasteiger partial charge in [0.25, 0.3) is 0 Å². The van der Waals surface area contributed by atoms with Crippen molar-refractivity contribution in [2.24, 2.45) is 4.99 Å². The lowest BCUT2D eigenvalue weighted by molar-refractivity contribution is -0.117. The second-order valence-electron chi connectivity index (χ2n) is 7.47. The van der Waals surface area contributed by atoms with E-state index in [1.54, 1.807) is 30.0 Å². The van der Waals surface area contributed by atoms with E-state index in [1.165, 1.54) is 38.5 Å². The maximum atomic E-state index is 12.6. The summed E-state index contributed by atoms with van der Waals surface area (Å²) >= 11 is 13.8. The zero-order chi connectivity index (χ0) is 19.4. The van der Waals surface area contributed by atoms with Gasteiger partial charge in [0.15, 0.2) is 5.17 Å². The zero-order valence-electron chi connectivity index (χ0n) is 16.3. The van der Waals surface area contributed by atoms with Gasteiger partial charge in [-0.3, -0.25) is 9.79 Å². The van der Waals surface area contributed by atoms with Crippen LogP contribution in [0.3, 0.4) is 0 Å². The molecule has 0 bridgehead atoms. The first-order valence-corrected chi connectivity index (χ1v) is 11.3. The van der Waals surface area contributed by atoms with E-state index in [0.717, 1.165) is 5.17 Å². The van der Waals surface area contributed by atoms with Crippen LogP contribution in [0.2, 0.25) is 10.0 Å². The molecule has 0 radical (unpaired) electrons. The van der Waals surface area contributed by atoms with E-state index in [0.29, 0.717) is 33.4 Å². The summed E-state index contributed by atoms with van der Waals surface area (Å²) in [5.74, 6) is -0.0339. The fourth-order valence-corrected chi connectivity index (χ4v) is 5.59. The van der Waals surface area contributed by atoms with Crippen LogP contribution in [0.1, 0.15) is 51.9 Å². The molecule has 1 aliphatic heterocycles. The molecule has 1 saturated carbocycles. The average Bonchev–Trinajstić information content (AvgIpc) is 2.78. The standard InChI is InChI=1S/C20H27Cl2N3OS.ClH/c1-13-18(12-19(26)23-17-10-14(21)9-15(22)11-17)25(2)20(27-13)24-16-7-5-3-4-6-8-16;/h9-11,13,16,18H,3-8,12H2,1-2H3,(H,23,26);1H. The highest BCUT2D eigenvalue weighted by Gasteiger charge is 2.35. The number of carbonyl (C=O) groups is 1. The average molecular weight is 465 g/mol. The Balaban J connectivity index is 0.00000280. The maximum absolute atomic E-state index is 12.6. The molecule has 2 unspecified atom stereocenters. The molecule has 0 spiro atoms. The van der Waals surface area contributed by atoms with Crippen molar-refractivity contribution in [1.82, 2.24) is 4.90 Å². The van der Waals surface area contributed by atoms with E-state index in [2.05, 4.69) is 24.2 Å². The van der Waals surface area contributed by atoms with Crippen molar-refractivity contribution >= 4 is 64.1 Å². The minimum Gasteiger partial charge on any atom is -0.350 e.